The molecule has 1 heterocycles. The summed E-state index contributed by atoms with van der Waals surface area (Å²) in [6.45, 7) is 7.16. The molecule has 0 aliphatic heterocycles. The van der Waals surface area contributed by atoms with Crippen LogP contribution in [-0.4, -0.2) is 26.1 Å². The Hall–Kier alpha value is -2.17. The van der Waals surface area contributed by atoms with Crippen molar-refractivity contribution >= 4 is 5.97 Å². The van der Waals surface area contributed by atoms with Gasteiger partial charge in [-0.05, 0) is 13.8 Å². The molecule has 0 fully saturated rings. The lowest BCUT2D eigenvalue weighted by molar-refractivity contribution is -0.146. The zero-order chi connectivity index (χ0) is 14.5. The predicted octanol–water partition coefficient (Wildman–Crippen LogP) is 2.79. The minimum absolute atomic E-state index is 0.667. The minimum atomic E-state index is -1.10. The van der Waals surface area contributed by atoms with Gasteiger partial charge in [-0.3, -0.25) is 0 Å². The van der Waals surface area contributed by atoms with E-state index in [0.29, 0.717) is 5.69 Å². The normalized spacial score (nSPS) is 10.5. The molecular weight excluding hydrogens is 242 g/mol. The number of carboxylic acid groups (broad SMARTS) is 1. The lowest BCUT2D eigenvalue weighted by Gasteiger charge is -2.18. The Labute approximate surface area is 112 Å². The van der Waals surface area contributed by atoms with Crippen LogP contribution in [0.15, 0.2) is 36.5 Å². The molecule has 0 saturated carbocycles. The van der Waals surface area contributed by atoms with Crippen molar-refractivity contribution in [3.05, 3.63) is 36.5 Å². The molecule has 5 heteroatoms. The number of aromatic nitrogens is 3. The number of hydrogen-bond acceptors (Lipinski definition) is 3. The van der Waals surface area contributed by atoms with Crippen LogP contribution in [0.2, 0.25) is 0 Å². The molecule has 0 atom stereocenters. The second kappa shape index (κ2) is 6.13. The number of carboxylic acids is 1. The molecule has 19 heavy (non-hydrogen) atoms. The number of carbonyl (C=O) groups is 1. The van der Waals surface area contributed by atoms with E-state index < -0.39 is 11.5 Å². The van der Waals surface area contributed by atoms with Gasteiger partial charge in [-0.1, -0.05) is 49.4 Å². The first-order valence-corrected chi connectivity index (χ1v) is 6.23. The Bertz CT molecular complexity index is 533. The quantitative estimate of drug-likeness (QED) is 0.922. The summed E-state index contributed by atoms with van der Waals surface area (Å²) < 4.78 is 1.36. The average Bonchev–Trinajstić information content (AvgIpc) is 2.92. The highest BCUT2D eigenvalue weighted by molar-refractivity contribution is 5.75. The van der Waals surface area contributed by atoms with E-state index in [-0.39, 0.29) is 0 Å². The van der Waals surface area contributed by atoms with E-state index >= 15 is 0 Å². The van der Waals surface area contributed by atoms with Crippen LogP contribution in [-0.2, 0) is 10.3 Å². The van der Waals surface area contributed by atoms with Crippen molar-refractivity contribution in [2.45, 2.75) is 33.2 Å². The van der Waals surface area contributed by atoms with Gasteiger partial charge in [-0.15, -0.1) is 5.10 Å². The molecular formula is C14H19N3O2. The van der Waals surface area contributed by atoms with Crippen molar-refractivity contribution in [3.8, 4) is 11.3 Å². The number of rotatable bonds is 3. The Balaban J connectivity index is 0.000000861. The summed E-state index contributed by atoms with van der Waals surface area (Å²) in [5.41, 5.74) is 0.486. The summed E-state index contributed by atoms with van der Waals surface area (Å²) >= 11 is 0. The molecule has 1 aromatic carbocycles. The van der Waals surface area contributed by atoms with Crippen LogP contribution in [0.3, 0.4) is 0 Å². The molecule has 5 nitrogen and oxygen atoms in total. The highest BCUT2D eigenvalue weighted by atomic mass is 16.4. The molecule has 1 N–H and O–H groups in total. The fourth-order valence-corrected chi connectivity index (χ4v) is 1.38. The maximum Gasteiger partial charge on any atom is 0.331 e. The van der Waals surface area contributed by atoms with Crippen molar-refractivity contribution in [2.24, 2.45) is 0 Å². The number of aliphatic carboxylic acids is 1. The van der Waals surface area contributed by atoms with Crippen LogP contribution >= 0.6 is 0 Å². The van der Waals surface area contributed by atoms with Gasteiger partial charge in [0.2, 0.25) is 0 Å². The van der Waals surface area contributed by atoms with Crippen LogP contribution in [0.4, 0.5) is 0 Å². The first kappa shape index (κ1) is 14.9. The van der Waals surface area contributed by atoms with Gasteiger partial charge in [-0.2, -0.15) is 0 Å². The molecule has 102 valence electrons. The fraction of sp³-hybridized carbons (Fsp3) is 0.357. The van der Waals surface area contributed by atoms with E-state index in [4.69, 9.17) is 5.11 Å². The summed E-state index contributed by atoms with van der Waals surface area (Å²) in [7, 11) is 0. The lowest BCUT2D eigenvalue weighted by atomic mass is 10.1. The average molecular weight is 261 g/mol. The Kier molecular flexibility index (Phi) is 4.80. The third-order valence-corrected chi connectivity index (χ3v) is 2.66. The van der Waals surface area contributed by atoms with E-state index in [0.717, 1.165) is 5.56 Å². The predicted molar refractivity (Wildman–Crippen MR) is 73.8 cm³/mol. The lowest BCUT2D eigenvalue weighted by Crippen LogP contribution is -2.36. The monoisotopic (exact) mass is 261 g/mol. The smallest absolute Gasteiger partial charge is 0.331 e. The van der Waals surface area contributed by atoms with Gasteiger partial charge in [0, 0.05) is 5.56 Å². The molecule has 0 radical (unpaired) electrons. The van der Waals surface area contributed by atoms with Crippen molar-refractivity contribution in [1.82, 2.24) is 15.0 Å². The van der Waals surface area contributed by atoms with Gasteiger partial charge in [0.1, 0.15) is 5.69 Å². The Morgan fingerprint density at radius 2 is 1.79 bits per heavy atom. The summed E-state index contributed by atoms with van der Waals surface area (Å²) in [6.07, 6.45) is 1.64. The second-order valence-corrected chi connectivity index (χ2v) is 4.28. The summed E-state index contributed by atoms with van der Waals surface area (Å²) in [5.74, 6) is -0.943. The van der Waals surface area contributed by atoms with Gasteiger partial charge in [0.05, 0.1) is 6.20 Å². The number of nitrogens with zero attached hydrogens (tertiary/aromatic N) is 3. The van der Waals surface area contributed by atoms with Crippen LogP contribution < -0.4 is 0 Å². The van der Waals surface area contributed by atoms with Crippen molar-refractivity contribution in [3.63, 3.8) is 0 Å². The van der Waals surface area contributed by atoms with Crippen LogP contribution in [0.5, 0.6) is 0 Å². The van der Waals surface area contributed by atoms with E-state index in [2.05, 4.69) is 10.3 Å². The fourth-order valence-electron chi connectivity index (χ4n) is 1.38. The zero-order valence-electron chi connectivity index (χ0n) is 11.7. The van der Waals surface area contributed by atoms with Gasteiger partial charge in [0.25, 0.3) is 0 Å². The molecule has 2 rings (SSSR count). The van der Waals surface area contributed by atoms with Gasteiger partial charge < -0.3 is 5.11 Å². The molecule has 0 unspecified atom stereocenters. The van der Waals surface area contributed by atoms with Gasteiger partial charge >= 0.3 is 5.97 Å². The number of hydrogen-bond donors (Lipinski definition) is 1. The van der Waals surface area contributed by atoms with E-state index in [1.54, 1.807) is 20.0 Å². The molecule has 0 aliphatic rings. The standard InChI is InChI=1S/C12H13N3O2.C2H6/c1-12(2,11(16)17)15-8-10(13-14-15)9-6-4-3-5-7-9;1-2/h3-8H,1-2H3,(H,16,17);1-2H3. The van der Waals surface area contributed by atoms with Crippen molar-refractivity contribution < 1.29 is 9.90 Å². The summed E-state index contributed by atoms with van der Waals surface area (Å²) in [4.78, 5) is 11.1. The first-order valence-electron chi connectivity index (χ1n) is 6.23. The second-order valence-electron chi connectivity index (χ2n) is 4.28. The maximum atomic E-state index is 11.1. The Morgan fingerprint density at radius 1 is 1.21 bits per heavy atom. The largest absolute Gasteiger partial charge is 0.479 e. The summed E-state index contributed by atoms with van der Waals surface area (Å²) in [6, 6.07) is 9.52. The molecule has 0 aliphatic carbocycles. The zero-order valence-corrected chi connectivity index (χ0v) is 11.7. The van der Waals surface area contributed by atoms with Gasteiger partial charge in [0.15, 0.2) is 5.54 Å². The molecule has 0 amide bonds. The third-order valence-electron chi connectivity index (χ3n) is 2.66. The highest BCUT2D eigenvalue weighted by Gasteiger charge is 2.30. The maximum absolute atomic E-state index is 11.1. The molecule has 1 aromatic heterocycles. The van der Waals surface area contributed by atoms with Crippen LogP contribution in [0.25, 0.3) is 11.3 Å². The Morgan fingerprint density at radius 3 is 2.32 bits per heavy atom. The number of benzene rings is 1. The minimum Gasteiger partial charge on any atom is -0.479 e. The third kappa shape index (κ3) is 3.19. The van der Waals surface area contributed by atoms with Crippen LogP contribution in [0.1, 0.15) is 27.7 Å². The molecule has 0 saturated heterocycles. The van der Waals surface area contributed by atoms with Crippen molar-refractivity contribution in [1.29, 1.82) is 0 Å². The summed E-state index contributed by atoms with van der Waals surface area (Å²) in [5, 5.41) is 16.9. The molecule has 2 aromatic rings. The van der Waals surface area contributed by atoms with E-state index in [1.165, 1.54) is 4.68 Å². The topological polar surface area (TPSA) is 68.0 Å². The van der Waals surface area contributed by atoms with Crippen LogP contribution in [0, 0.1) is 0 Å². The first-order chi connectivity index (χ1) is 9.01. The van der Waals surface area contributed by atoms with E-state index in [1.807, 2.05) is 44.2 Å². The highest BCUT2D eigenvalue weighted by Crippen LogP contribution is 2.19. The SMILES string of the molecule is CC.CC(C)(C(=O)O)n1cc(-c2ccccc2)nn1. The van der Waals surface area contributed by atoms with Gasteiger partial charge in [-0.25, -0.2) is 9.48 Å². The molecule has 0 spiro atoms. The molecule has 0 bridgehead atoms. The van der Waals surface area contributed by atoms with E-state index in [9.17, 15) is 4.79 Å². The van der Waals surface area contributed by atoms with Crippen molar-refractivity contribution in [2.75, 3.05) is 0 Å².